The van der Waals surface area contributed by atoms with Gasteiger partial charge in [-0.15, -0.1) is 0 Å². The summed E-state index contributed by atoms with van der Waals surface area (Å²) in [6, 6.07) is 7.11. The van der Waals surface area contributed by atoms with E-state index in [1.165, 1.54) is 0 Å². The number of carbonyl (C=O) groups excluding carboxylic acids is 1. The van der Waals surface area contributed by atoms with Gasteiger partial charge in [0.1, 0.15) is 6.61 Å². The number of carbonyl (C=O) groups is 2. The maximum Gasteiger partial charge on any atom is 0.305 e. The first-order valence-corrected chi connectivity index (χ1v) is 6.86. The molecule has 2 rings (SSSR count). The molecule has 0 radical (unpaired) electrons. The molecule has 2 N–H and O–H groups in total. The van der Waals surface area contributed by atoms with Gasteiger partial charge < -0.3 is 19.9 Å². The number of aliphatic carboxylic acids is 1. The Kier molecular flexibility index (Phi) is 4.35. The number of hydrogen-bond acceptors (Lipinski definition) is 4. The summed E-state index contributed by atoms with van der Waals surface area (Å²) in [5, 5.41) is 11.7. The third-order valence-corrected chi connectivity index (χ3v) is 3.55. The molecule has 2 unspecified atom stereocenters. The number of amides is 1. The Labute approximate surface area is 123 Å². The number of ether oxygens (including phenoxy) is 2. The van der Waals surface area contributed by atoms with Crippen LogP contribution in [-0.2, 0) is 9.59 Å². The van der Waals surface area contributed by atoms with Crippen molar-refractivity contribution in [1.29, 1.82) is 0 Å². The van der Waals surface area contributed by atoms with Gasteiger partial charge in [0.2, 0.25) is 6.10 Å². The molecule has 1 amide bonds. The van der Waals surface area contributed by atoms with Crippen LogP contribution in [0, 0.1) is 0 Å². The van der Waals surface area contributed by atoms with Gasteiger partial charge in [-0.25, -0.2) is 0 Å². The van der Waals surface area contributed by atoms with Gasteiger partial charge in [-0.05, 0) is 25.5 Å². The fourth-order valence-electron chi connectivity index (χ4n) is 2.12. The molecule has 0 saturated heterocycles. The lowest BCUT2D eigenvalue weighted by molar-refractivity contribution is -0.139. The quantitative estimate of drug-likeness (QED) is 0.861. The normalized spacial score (nSPS) is 19.4. The summed E-state index contributed by atoms with van der Waals surface area (Å²) in [6.45, 7) is 3.64. The largest absolute Gasteiger partial charge is 0.485 e. The molecule has 1 aromatic rings. The highest BCUT2D eigenvalue weighted by Crippen LogP contribution is 2.31. The summed E-state index contributed by atoms with van der Waals surface area (Å²) in [6.07, 6.45) is -0.409. The van der Waals surface area contributed by atoms with Crippen molar-refractivity contribution < 1.29 is 24.2 Å². The zero-order valence-electron chi connectivity index (χ0n) is 12.1. The third kappa shape index (κ3) is 3.65. The monoisotopic (exact) mass is 293 g/mol. The van der Waals surface area contributed by atoms with Crippen molar-refractivity contribution in [2.45, 2.75) is 38.3 Å². The predicted molar refractivity (Wildman–Crippen MR) is 75.4 cm³/mol. The number of hydrogen-bond donors (Lipinski definition) is 2. The van der Waals surface area contributed by atoms with E-state index in [2.05, 4.69) is 5.32 Å². The summed E-state index contributed by atoms with van der Waals surface area (Å²) in [7, 11) is 0. The van der Waals surface area contributed by atoms with E-state index < -0.39 is 17.6 Å². The fourth-order valence-corrected chi connectivity index (χ4v) is 2.12. The van der Waals surface area contributed by atoms with Gasteiger partial charge >= 0.3 is 5.97 Å². The van der Waals surface area contributed by atoms with Gasteiger partial charge in [-0.2, -0.15) is 0 Å². The van der Waals surface area contributed by atoms with E-state index in [1.54, 1.807) is 25.1 Å². The molecule has 1 aliphatic rings. The lowest BCUT2D eigenvalue weighted by Crippen LogP contribution is -2.53. The predicted octanol–water partition coefficient (Wildman–Crippen LogP) is 1.59. The zero-order valence-corrected chi connectivity index (χ0v) is 12.1. The van der Waals surface area contributed by atoms with Gasteiger partial charge in [-0.3, -0.25) is 9.59 Å². The van der Waals surface area contributed by atoms with Crippen LogP contribution < -0.4 is 14.8 Å². The summed E-state index contributed by atoms with van der Waals surface area (Å²) >= 11 is 0. The maximum atomic E-state index is 12.3. The molecule has 0 aliphatic carbocycles. The maximum absolute atomic E-state index is 12.3. The van der Waals surface area contributed by atoms with Gasteiger partial charge in [0, 0.05) is 5.54 Å². The van der Waals surface area contributed by atoms with Crippen molar-refractivity contribution in [2.75, 3.05) is 6.61 Å². The summed E-state index contributed by atoms with van der Waals surface area (Å²) in [4.78, 5) is 23.1. The van der Waals surface area contributed by atoms with Crippen LogP contribution in [0.15, 0.2) is 24.3 Å². The molecule has 0 fully saturated rings. The van der Waals surface area contributed by atoms with Gasteiger partial charge in [0.15, 0.2) is 11.5 Å². The van der Waals surface area contributed by atoms with Crippen LogP contribution in [0.2, 0.25) is 0 Å². The number of carboxylic acid groups (broad SMARTS) is 1. The van der Waals surface area contributed by atoms with Crippen molar-refractivity contribution >= 4 is 11.9 Å². The molecular weight excluding hydrogens is 274 g/mol. The van der Waals surface area contributed by atoms with Crippen molar-refractivity contribution in [3.63, 3.8) is 0 Å². The Hall–Kier alpha value is -2.24. The summed E-state index contributed by atoms with van der Waals surface area (Å²) < 4.78 is 11.1. The summed E-state index contributed by atoms with van der Waals surface area (Å²) in [5.74, 6) is -0.202. The van der Waals surface area contributed by atoms with Gasteiger partial charge in [0.05, 0.1) is 6.42 Å². The Balaban J connectivity index is 2.03. The first-order chi connectivity index (χ1) is 9.93. The van der Waals surface area contributed by atoms with Crippen molar-refractivity contribution in [3.8, 4) is 11.5 Å². The molecule has 0 aromatic heterocycles. The fraction of sp³-hybridized carbons (Fsp3) is 0.467. The van der Waals surface area contributed by atoms with E-state index in [0.29, 0.717) is 17.9 Å². The van der Waals surface area contributed by atoms with E-state index in [1.807, 2.05) is 13.0 Å². The van der Waals surface area contributed by atoms with E-state index in [0.717, 1.165) is 0 Å². The average molecular weight is 293 g/mol. The first-order valence-electron chi connectivity index (χ1n) is 6.86. The second-order valence-corrected chi connectivity index (χ2v) is 5.34. The van der Waals surface area contributed by atoms with E-state index in [4.69, 9.17) is 14.6 Å². The highest BCUT2D eigenvalue weighted by atomic mass is 16.6. The van der Waals surface area contributed by atoms with Crippen LogP contribution in [0.5, 0.6) is 11.5 Å². The lowest BCUT2D eigenvalue weighted by atomic mass is 9.94. The molecule has 0 spiro atoms. The molecule has 1 aromatic carbocycles. The standard InChI is InChI=1S/C15H19NO5/c1-3-15(2,8-13(17)18)16-14(19)12-9-20-10-6-4-5-7-11(10)21-12/h4-7,12H,3,8-9H2,1-2H3,(H,16,19)(H,17,18). The smallest absolute Gasteiger partial charge is 0.305 e. The van der Waals surface area contributed by atoms with Crippen LogP contribution >= 0.6 is 0 Å². The second kappa shape index (κ2) is 6.03. The number of rotatable bonds is 5. The van der Waals surface area contributed by atoms with Gasteiger partial charge in [0.25, 0.3) is 5.91 Å². The van der Waals surface area contributed by atoms with Crippen LogP contribution in [-0.4, -0.2) is 35.2 Å². The molecule has 1 aliphatic heterocycles. The van der Waals surface area contributed by atoms with E-state index in [9.17, 15) is 9.59 Å². The van der Waals surface area contributed by atoms with Crippen LogP contribution in [0.25, 0.3) is 0 Å². The topological polar surface area (TPSA) is 84.9 Å². The molecule has 114 valence electrons. The van der Waals surface area contributed by atoms with E-state index >= 15 is 0 Å². The van der Waals surface area contributed by atoms with Crippen molar-refractivity contribution in [2.24, 2.45) is 0 Å². The molecule has 2 atom stereocenters. The van der Waals surface area contributed by atoms with Crippen LogP contribution in [0.1, 0.15) is 26.7 Å². The lowest BCUT2D eigenvalue weighted by Gasteiger charge is -2.32. The summed E-state index contributed by atoms with van der Waals surface area (Å²) in [5.41, 5.74) is -0.802. The average Bonchev–Trinajstić information content (AvgIpc) is 2.45. The van der Waals surface area contributed by atoms with Crippen molar-refractivity contribution in [3.05, 3.63) is 24.3 Å². The highest BCUT2D eigenvalue weighted by Gasteiger charge is 2.33. The van der Waals surface area contributed by atoms with Crippen molar-refractivity contribution in [1.82, 2.24) is 5.32 Å². The molecular formula is C15H19NO5. The minimum absolute atomic E-state index is 0.107. The Bertz CT molecular complexity index is 545. The highest BCUT2D eigenvalue weighted by molar-refractivity contribution is 5.83. The van der Waals surface area contributed by atoms with Crippen LogP contribution in [0.4, 0.5) is 0 Å². The molecule has 21 heavy (non-hydrogen) atoms. The second-order valence-electron chi connectivity index (χ2n) is 5.34. The number of carboxylic acids is 1. The SMILES string of the molecule is CCC(C)(CC(=O)O)NC(=O)C1COc2ccccc2O1. The Morgan fingerprint density at radius 2 is 2.05 bits per heavy atom. The third-order valence-electron chi connectivity index (χ3n) is 3.55. The molecule has 6 nitrogen and oxygen atoms in total. The molecule has 0 saturated carbocycles. The Morgan fingerprint density at radius 3 is 2.67 bits per heavy atom. The number of para-hydroxylation sites is 2. The van der Waals surface area contributed by atoms with E-state index in [-0.39, 0.29) is 18.9 Å². The van der Waals surface area contributed by atoms with Crippen LogP contribution in [0.3, 0.4) is 0 Å². The number of nitrogens with one attached hydrogen (secondary N) is 1. The minimum atomic E-state index is -0.953. The molecule has 6 heteroatoms. The van der Waals surface area contributed by atoms with Gasteiger partial charge in [-0.1, -0.05) is 19.1 Å². The molecule has 0 bridgehead atoms. The number of fused-ring (bicyclic) bond motifs is 1. The Morgan fingerprint density at radius 1 is 1.38 bits per heavy atom. The molecule has 1 heterocycles. The number of benzene rings is 1. The zero-order chi connectivity index (χ0) is 15.5. The first kappa shape index (κ1) is 15.2. The minimum Gasteiger partial charge on any atom is -0.485 e.